The lowest BCUT2D eigenvalue weighted by Crippen LogP contribution is -2.18. The van der Waals surface area contributed by atoms with E-state index in [1.54, 1.807) is 0 Å². The van der Waals surface area contributed by atoms with Gasteiger partial charge in [0.25, 0.3) is 0 Å². The Morgan fingerprint density at radius 1 is 0.833 bits per heavy atom. The highest BCUT2D eigenvalue weighted by molar-refractivity contribution is 5.72. The third-order valence-corrected chi connectivity index (χ3v) is 3.39. The summed E-state index contributed by atoms with van der Waals surface area (Å²) in [5, 5.41) is 0. The van der Waals surface area contributed by atoms with Crippen molar-refractivity contribution in [3.63, 3.8) is 0 Å². The molecule has 0 saturated carbocycles. The maximum absolute atomic E-state index is 12.0. The van der Waals surface area contributed by atoms with Gasteiger partial charge in [0.1, 0.15) is 0 Å². The molecule has 18 heavy (non-hydrogen) atoms. The van der Waals surface area contributed by atoms with E-state index in [4.69, 9.17) is 4.74 Å². The van der Waals surface area contributed by atoms with E-state index in [0.29, 0.717) is 6.61 Å². The molecule has 0 saturated heterocycles. The Morgan fingerprint density at radius 3 is 2.06 bits per heavy atom. The zero-order chi connectivity index (χ0) is 13.6. The lowest BCUT2D eigenvalue weighted by Gasteiger charge is -2.15. The summed E-state index contributed by atoms with van der Waals surface area (Å²) in [6, 6.07) is 0. The van der Waals surface area contributed by atoms with Gasteiger partial charge in [0, 0.05) is 0 Å². The molecule has 0 aliphatic carbocycles. The largest absolute Gasteiger partial charge is 0.465 e. The zero-order valence-electron chi connectivity index (χ0n) is 12.7. The standard InChI is InChI=1S/C16H32O2/c1-4-7-10-11-13-15(12-8-5-2)16(17)18-14-9-6-3/h15H,4-14H2,1-3H3. The first-order valence-corrected chi connectivity index (χ1v) is 7.92. The Balaban J connectivity index is 3.90. The fourth-order valence-electron chi connectivity index (χ4n) is 2.08. The molecule has 1 unspecified atom stereocenters. The molecule has 2 heteroatoms. The molecular formula is C16H32O2. The van der Waals surface area contributed by atoms with Gasteiger partial charge in [-0.05, 0) is 19.3 Å². The average molecular weight is 256 g/mol. The Morgan fingerprint density at radius 2 is 1.44 bits per heavy atom. The van der Waals surface area contributed by atoms with Crippen molar-refractivity contribution in [2.24, 2.45) is 5.92 Å². The van der Waals surface area contributed by atoms with Crippen molar-refractivity contribution in [1.82, 2.24) is 0 Å². The fourth-order valence-corrected chi connectivity index (χ4v) is 2.08. The van der Waals surface area contributed by atoms with Crippen LogP contribution in [0.1, 0.15) is 85.0 Å². The van der Waals surface area contributed by atoms with Crippen LogP contribution >= 0.6 is 0 Å². The minimum atomic E-state index is 0.0494. The lowest BCUT2D eigenvalue weighted by molar-refractivity contribution is -0.149. The van der Waals surface area contributed by atoms with Gasteiger partial charge in [0.05, 0.1) is 12.5 Å². The molecule has 0 amide bonds. The molecule has 0 radical (unpaired) electrons. The number of hydrogen-bond acceptors (Lipinski definition) is 2. The van der Waals surface area contributed by atoms with E-state index in [9.17, 15) is 4.79 Å². The van der Waals surface area contributed by atoms with Crippen LogP contribution in [0.25, 0.3) is 0 Å². The second-order valence-corrected chi connectivity index (χ2v) is 5.21. The van der Waals surface area contributed by atoms with Gasteiger partial charge < -0.3 is 4.74 Å². The summed E-state index contributed by atoms with van der Waals surface area (Å²) >= 11 is 0. The van der Waals surface area contributed by atoms with Crippen LogP contribution in [0.3, 0.4) is 0 Å². The van der Waals surface area contributed by atoms with Crippen molar-refractivity contribution in [3.05, 3.63) is 0 Å². The highest BCUT2D eigenvalue weighted by atomic mass is 16.5. The highest BCUT2D eigenvalue weighted by Crippen LogP contribution is 2.19. The van der Waals surface area contributed by atoms with Gasteiger partial charge in [-0.1, -0.05) is 65.7 Å². The summed E-state index contributed by atoms with van der Waals surface area (Å²) < 4.78 is 5.36. The molecule has 108 valence electrons. The number of esters is 1. The van der Waals surface area contributed by atoms with Crippen molar-refractivity contribution in [2.75, 3.05) is 6.61 Å². The molecule has 0 aromatic rings. The van der Waals surface area contributed by atoms with Gasteiger partial charge in [-0.15, -0.1) is 0 Å². The number of hydrogen-bond donors (Lipinski definition) is 0. The molecule has 0 fully saturated rings. The van der Waals surface area contributed by atoms with Crippen LogP contribution in [0.15, 0.2) is 0 Å². The van der Waals surface area contributed by atoms with Crippen LogP contribution in [-0.4, -0.2) is 12.6 Å². The zero-order valence-corrected chi connectivity index (χ0v) is 12.7. The Hall–Kier alpha value is -0.530. The first kappa shape index (κ1) is 17.5. The summed E-state index contributed by atoms with van der Waals surface area (Å²) in [7, 11) is 0. The van der Waals surface area contributed by atoms with Gasteiger partial charge in [-0.3, -0.25) is 4.79 Å². The predicted octanol–water partition coefficient (Wildman–Crippen LogP) is 5.11. The van der Waals surface area contributed by atoms with E-state index in [1.165, 1.54) is 25.7 Å². The predicted molar refractivity (Wildman–Crippen MR) is 77.6 cm³/mol. The molecular weight excluding hydrogens is 224 g/mol. The van der Waals surface area contributed by atoms with Crippen LogP contribution in [0.4, 0.5) is 0 Å². The molecule has 0 N–H and O–H groups in total. The fraction of sp³-hybridized carbons (Fsp3) is 0.938. The molecule has 0 aliphatic rings. The normalized spacial score (nSPS) is 12.4. The number of carbonyl (C=O) groups is 1. The van der Waals surface area contributed by atoms with Gasteiger partial charge in [-0.25, -0.2) is 0 Å². The van der Waals surface area contributed by atoms with Gasteiger partial charge in [0.15, 0.2) is 0 Å². The van der Waals surface area contributed by atoms with Crippen LogP contribution in [-0.2, 0) is 9.53 Å². The number of ether oxygens (including phenoxy) is 1. The van der Waals surface area contributed by atoms with Crippen LogP contribution in [0, 0.1) is 5.92 Å². The summed E-state index contributed by atoms with van der Waals surface area (Å²) in [5.41, 5.74) is 0. The van der Waals surface area contributed by atoms with E-state index in [0.717, 1.165) is 38.5 Å². The Bertz CT molecular complexity index is 190. The van der Waals surface area contributed by atoms with Crippen LogP contribution in [0.2, 0.25) is 0 Å². The number of carbonyl (C=O) groups excluding carboxylic acids is 1. The minimum Gasteiger partial charge on any atom is -0.465 e. The second-order valence-electron chi connectivity index (χ2n) is 5.21. The van der Waals surface area contributed by atoms with Gasteiger partial charge >= 0.3 is 5.97 Å². The van der Waals surface area contributed by atoms with Crippen molar-refractivity contribution in [1.29, 1.82) is 0 Å². The number of unbranched alkanes of at least 4 members (excludes halogenated alkanes) is 5. The summed E-state index contributed by atoms with van der Waals surface area (Å²) in [6.45, 7) is 7.12. The van der Waals surface area contributed by atoms with Crippen LogP contribution in [0.5, 0.6) is 0 Å². The van der Waals surface area contributed by atoms with E-state index < -0.39 is 0 Å². The van der Waals surface area contributed by atoms with Crippen molar-refractivity contribution in [3.8, 4) is 0 Å². The average Bonchev–Trinajstić information content (AvgIpc) is 2.38. The maximum atomic E-state index is 12.0. The summed E-state index contributed by atoms with van der Waals surface area (Å²) in [6.07, 6.45) is 11.4. The molecule has 0 bridgehead atoms. The minimum absolute atomic E-state index is 0.0494. The van der Waals surface area contributed by atoms with E-state index in [-0.39, 0.29) is 11.9 Å². The molecule has 0 aliphatic heterocycles. The second kappa shape index (κ2) is 12.9. The van der Waals surface area contributed by atoms with Gasteiger partial charge in [-0.2, -0.15) is 0 Å². The third-order valence-electron chi connectivity index (χ3n) is 3.39. The maximum Gasteiger partial charge on any atom is 0.308 e. The topological polar surface area (TPSA) is 26.3 Å². The van der Waals surface area contributed by atoms with Crippen molar-refractivity contribution in [2.45, 2.75) is 85.0 Å². The highest BCUT2D eigenvalue weighted by Gasteiger charge is 2.18. The SMILES string of the molecule is CCCCCCC(CCCC)C(=O)OCCCC. The van der Waals surface area contributed by atoms with Crippen molar-refractivity contribution < 1.29 is 9.53 Å². The molecule has 0 rings (SSSR count). The molecule has 0 aromatic carbocycles. The van der Waals surface area contributed by atoms with E-state index >= 15 is 0 Å². The molecule has 1 atom stereocenters. The molecule has 0 aromatic heterocycles. The molecule has 0 heterocycles. The molecule has 0 spiro atoms. The number of rotatable bonds is 12. The first-order valence-electron chi connectivity index (χ1n) is 7.92. The smallest absolute Gasteiger partial charge is 0.308 e. The van der Waals surface area contributed by atoms with E-state index in [1.807, 2.05) is 0 Å². The monoisotopic (exact) mass is 256 g/mol. The Kier molecular flexibility index (Phi) is 12.5. The Labute approximate surface area is 113 Å². The van der Waals surface area contributed by atoms with E-state index in [2.05, 4.69) is 20.8 Å². The van der Waals surface area contributed by atoms with Crippen molar-refractivity contribution >= 4 is 5.97 Å². The summed E-state index contributed by atoms with van der Waals surface area (Å²) in [4.78, 5) is 12.0. The first-order chi connectivity index (χ1) is 8.76. The quantitative estimate of drug-likeness (QED) is 0.358. The third kappa shape index (κ3) is 9.49. The molecule has 2 nitrogen and oxygen atoms in total. The van der Waals surface area contributed by atoms with Crippen LogP contribution < -0.4 is 0 Å². The summed E-state index contributed by atoms with van der Waals surface area (Å²) in [5.74, 6) is 0.201. The lowest BCUT2D eigenvalue weighted by atomic mass is 9.95. The van der Waals surface area contributed by atoms with Gasteiger partial charge in [0.2, 0.25) is 0 Å².